The molecule has 2 heterocycles. The molecule has 2 atom stereocenters. The van der Waals surface area contributed by atoms with Crippen LogP contribution in [0.2, 0.25) is 0 Å². The summed E-state index contributed by atoms with van der Waals surface area (Å²) in [5.41, 5.74) is -0.331. The van der Waals surface area contributed by atoms with Gasteiger partial charge in [0.05, 0.1) is 11.8 Å². The van der Waals surface area contributed by atoms with Crippen LogP contribution < -0.4 is 0 Å². The molecule has 0 aliphatic heterocycles. The molecule has 1 saturated carbocycles. The number of rotatable bonds is 2. The molecule has 98 valence electrons. The van der Waals surface area contributed by atoms with Crippen molar-refractivity contribution in [1.29, 1.82) is 0 Å². The zero-order valence-electron chi connectivity index (χ0n) is 10.7. The molecular weight excluding hydrogens is 244 g/mol. The van der Waals surface area contributed by atoms with Crippen molar-refractivity contribution in [1.82, 2.24) is 19.1 Å². The summed E-state index contributed by atoms with van der Waals surface area (Å²) in [4.78, 5) is 32.4. The number of hydrogen-bond acceptors (Lipinski definition) is 4. The molecule has 6 heteroatoms. The minimum Gasteiger partial charge on any atom is -0.276 e. The van der Waals surface area contributed by atoms with E-state index >= 15 is 0 Å². The summed E-state index contributed by atoms with van der Waals surface area (Å²) < 4.78 is 2.88. The van der Waals surface area contributed by atoms with Gasteiger partial charge in [-0.25, -0.2) is 9.97 Å². The van der Waals surface area contributed by atoms with E-state index in [1.165, 1.54) is 21.8 Å². The standard InChI is InChI=1S/C13H14N4O2/c1-13(2)9(11(18)16-5-3-14-7-16)10(13)12(19)17-6-4-15-8-17/h3-10H,1-2H3. The second kappa shape index (κ2) is 3.88. The summed E-state index contributed by atoms with van der Waals surface area (Å²) in [6, 6.07) is 0. The highest BCUT2D eigenvalue weighted by Crippen LogP contribution is 2.59. The van der Waals surface area contributed by atoms with Crippen molar-refractivity contribution in [2.45, 2.75) is 13.8 Å². The lowest BCUT2D eigenvalue weighted by Gasteiger charge is -2.01. The first kappa shape index (κ1) is 11.8. The summed E-state index contributed by atoms with van der Waals surface area (Å²) in [5, 5.41) is 0. The Morgan fingerprint density at radius 2 is 1.37 bits per heavy atom. The fourth-order valence-electron chi connectivity index (χ4n) is 2.66. The average molecular weight is 258 g/mol. The Balaban J connectivity index is 1.85. The van der Waals surface area contributed by atoms with Gasteiger partial charge in [-0.05, 0) is 5.41 Å². The molecule has 19 heavy (non-hydrogen) atoms. The molecule has 0 bridgehead atoms. The maximum absolute atomic E-state index is 12.3. The van der Waals surface area contributed by atoms with E-state index in [2.05, 4.69) is 9.97 Å². The fourth-order valence-corrected chi connectivity index (χ4v) is 2.66. The summed E-state index contributed by atoms with van der Waals surface area (Å²) >= 11 is 0. The first-order valence-electron chi connectivity index (χ1n) is 6.08. The zero-order valence-corrected chi connectivity index (χ0v) is 10.7. The van der Waals surface area contributed by atoms with Gasteiger partial charge in [-0.15, -0.1) is 0 Å². The Hall–Kier alpha value is -2.24. The summed E-state index contributed by atoms with van der Waals surface area (Å²) in [6.07, 6.45) is 9.26. The van der Waals surface area contributed by atoms with E-state index < -0.39 is 0 Å². The van der Waals surface area contributed by atoms with Crippen LogP contribution in [0.1, 0.15) is 23.4 Å². The molecule has 2 aromatic rings. The highest BCUT2D eigenvalue weighted by Gasteiger charge is 2.65. The molecule has 1 aliphatic carbocycles. The Morgan fingerprint density at radius 3 is 1.68 bits per heavy atom. The SMILES string of the molecule is CC1(C)C(C(=O)n2ccnc2)C1C(=O)n1ccnc1. The predicted molar refractivity (Wildman–Crippen MR) is 66.5 cm³/mol. The van der Waals surface area contributed by atoms with Crippen molar-refractivity contribution in [2.75, 3.05) is 0 Å². The first-order chi connectivity index (χ1) is 9.03. The number of hydrogen-bond donors (Lipinski definition) is 0. The first-order valence-corrected chi connectivity index (χ1v) is 6.08. The van der Waals surface area contributed by atoms with Crippen LogP contribution >= 0.6 is 0 Å². The molecule has 6 nitrogen and oxygen atoms in total. The smallest absolute Gasteiger partial charge is 0.236 e. The number of imidazole rings is 2. The molecule has 2 aromatic heterocycles. The Morgan fingerprint density at radius 1 is 0.947 bits per heavy atom. The van der Waals surface area contributed by atoms with Crippen molar-refractivity contribution in [3.8, 4) is 0 Å². The van der Waals surface area contributed by atoms with Crippen molar-refractivity contribution in [3.05, 3.63) is 37.4 Å². The molecule has 0 N–H and O–H groups in total. The molecule has 0 aromatic carbocycles. The maximum atomic E-state index is 12.3. The second-order valence-electron chi connectivity index (χ2n) is 5.39. The topological polar surface area (TPSA) is 69.8 Å². The molecule has 2 unspecified atom stereocenters. The quantitative estimate of drug-likeness (QED) is 0.814. The van der Waals surface area contributed by atoms with Gasteiger partial charge in [0.15, 0.2) is 0 Å². The van der Waals surface area contributed by atoms with Gasteiger partial charge in [0.25, 0.3) is 0 Å². The molecule has 0 radical (unpaired) electrons. The minimum absolute atomic E-state index is 0.0824. The van der Waals surface area contributed by atoms with Crippen LogP contribution in [0.5, 0.6) is 0 Å². The largest absolute Gasteiger partial charge is 0.276 e. The van der Waals surface area contributed by atoms with E-state index in [0.29, 0.717) is 0 Å². The lowest BCUT2D eigenvalue weighted by molar-refractivity contribution is 0.0818. The van der Waals surface area contributed by atoms with Crippen LogP contribution in [0.25, 0.3) is 0 Å². The lowest BCUT2D eigenvalue weighted by atomic mass is 10.1. The van der Waals surface area contributed by atoms with Crippen molar-refractivity contribution < 1.29 is 9.59 Å². The van der Waals surface area contributed by atoms with Crippen molar-refractivity contribution in [3.63, 3.8) is 0 Å². The number of nitrogens with zero attached hydrogens (tertiary/aromatic N) is 4. The predicted octanol–water partition coefficient (Wildman–Crippen LogP) is 1.33. The third kappa shape index (κ3) is 1.71. The molecule has 0 saturated heterocycles. The molecule has 1 fully saturated rings. The van der Waals surface area contributed by atoms with Gasteiger partial charge in [0.1, 0.15) is 12.7 Å². The van der Waals surface area contributed by atoms with E-state index in [-0.39, 0.29) is 29.1 Å². The van der Waals surface area contributed by atoms with Gasteiger partial charge >= 0.3 is 0 Å². The molecule has 0 spiro atoms. The average Bonchev–Trinajstić information content (AvgIpc) is 2.91. The zero-order chi connectivity index (χ0) is 13.6. The van der Waals surface area contributed by atoms with Gasteiger partial charge in [-0.2, -0.15) is 0 Å². The third-order valence-electron chi connectivity index (χ3n) is 3.88. The van der Waals surface area contributed by atoms with Gasteiger partial charge in [0.2, 0.25) is 11.8 Å². The Bertz CT molecular complexity index is 559. The summed E-state index contributed by atoms with van der Waals surface area (Å²) in [5.74, 6) is -0.782. The number of carbonyl (C=O) groups is 2. The molecule has 0 amide bonds. The highest BCUT2D eigenvalue weighted by molar-refractivity contribution is 5.96. The lowest BCUT2D eigenvalue weighted by Crippen LogP contribution is -2.17. The van der Waals surface area contributed by atoms with E-state index in [0.717, 1.165) is 0 Å². The molecule has 3 rings (SSSR count). The van der Waals surface area contributed by atoms with E-state index in [9.17, 15) is 9.59 Å². The maximum Gasteiger partial charge on any atom is 0.236 e. The van der Waals surface area contributed by atoms with Crippen LogP contribution in [0.4, 0.5) is 0 Å². The molecular formula is C13H14N4O2. The van der Waals surface area contributed by atoms with Gasteiger partial charge in [-0.1, -0.05) is 13.8 Å². The second-order valence-corrected chi connectivity index (χ2v) is 5.39. The van der Waals surface area contributed by atoms with E-state index in [4.69, 9.17) is 0 Å². The monoisotopic (exact) mass is 258 g/mol. The summed E-state index contributed by atoms with van der Waals surface area (Å²) in [7, 11) is 0. The van der Waals surface area contributed by atoms with Crippen LogP contribution in [-0.4, -0.2) is 30.9 Å². The normalized spacial score (nSPS) is 24.1. The molecule has 1 aliphatic rings. The van der Waals surface area contributed by atoms with Crippen LogP contribution in [0.3, 0.4) is 0 Å². The number of carbonyl (C=O) groups excluding carboxylic acids is 2. The minimum atomic E-state index is -0.331. The van der Waals surface area contributed by atoms with Gasteiger partial charge < -0.3 is 0 Å². The van der Waals surface area contributed by atoms with Crippen molar-refractivity contribution in [2.24, 2.45) is 17.3 Å². The fraction of sp³-hybridized carbons (Fsp3) is 0.385. The van der Waals surface area contributed by atoms with Crippen molar-refractivity contribution >= 4 is 11.8 Å². The number of aromatic nitrogens is 4. The van der Waals surface area contributed by atoms with Crippen LogP contribution in [0, 0.1) is 17.3 Å². The Labute approximate surface area is 110 Å². The summed E-state index contributed by atoms with van der Waals surface area (Å²) in [6.45, 7) is 3.87. The van der Waals surface area contributed by atoms with Gasteiger partial charge in [0, 0.05) is 24.8 Å². The van der Waals surface area contributed by atoms with Crippen LogP contribution in [-0.2, 0) is 0 Å². The van der Waals surface area contributed by atoms with E-state index in [1.807, 2.05) is 13.8 Å². The Kier molecular flexibility index (Phi) is 2.41. The van der Waals surface area contributed by atoms with E-state index in [1.54, 1.807) is 24.8 Å². The van der Waals surface area contributed by atoms with Gasteiger partial charge in [-0.3, -0.25) is 18.7 Å². The van der Waals surface area contributed by atoms with Crippen LogP contribution in [0.15, 0.2) is 37.4 Å². The third-order valence-corrected chi connectivity index (χ3v) is 3.88. The highest BCUT2D eigenvalue weighted by atomic mass is 16.2.